The summed E-state index contributed by atoms with van der Waals surface area (Å²) in [6.07, 6.45) is 0. The van der Waals surface area contributed by atoms with Gasteiger partial charge in [-0.15, -0.1) is 0 Å². The van der Waals surface area contributed by atoms with Crippen molar-refractivity contribution in [1.82, 2.24) is 0 Å². The Labute approximate surface area is 345 Å². The van der Waals surface area contributed by atoms with Crippen LogP contribution in [-0.2, 0) is 5.41 Å². The third-order valence-corrected chi connectivity index (χ3v) is 12.3. The number of benzene rings is 9. The average Bonchev–Trinajstić information content (AvgIpc) is 3.80. The summed E-state index contributed by atoms with van der Waals surface area (Å²) in [5, 5.41) is 2.24. The first-order valence-electron chi connectivity index (χ1n) is 20.4. The molecule has 0 bridgehead atoms. The number of anilines is 3. The minimum Gasteiger partial charge on any atom is -0.453 e. The van der Waals surface area contributed by atoms with Crippen molar-refractivity contribution in [2.75, 3.05) is 4.90 Å². The summed E-state index contributed by atoms with van der Waals surface area (Å²) >= 11 is 0. The van der Waals surface area contributed by atoms with Gasteiger partial charge in [0.05, 0.1) is 5.69 Å². The van der Waals surface area contributed by atoms with Crippen LogP contribution in [0.4, 0.5) is 17.1 Å². The lowest BCUT2D eigenvalue weighted by Crippen LogP contribution is -2.14. The Morgan fingerprint density at radius 1 is 0.356 bits per heavy atom. The molecule has 59 heavy (non-hydrogen) atoms. The van der Waals surface area contributed by atoms with Crippen LogP contribution >= 0.6 is 0 Å². The summed E-state index contributed by atoms with van der Waals surface area (Å²) in [7, 11) is 0. The van der Waals surface area contributed by atoms with E-state index in [4.69, 9.17) is 4.42 Å². The Morgan fingerprint density at radius 2 is 0.814 bits per heavy atom. The Kier molecular flexibility index (Phi) is 8.20. The maximum Gasteiger partial charge on any atom is 0.159 e. The molecular formula is C57H41NO. The van der Waals surface area contributed by atoms with Crippen LogP contribution in [0.3, 0.4) is 0 Å². The standard InChI is InChI=1S/C57H41NO/c1-57(2)51-24-10-9-22-50(51)54-52(57)35-34-49-48-23-13-25-53(55(48)59-56(49)54)58(46-30-26-40(27-31-46)44-20-11-18-42(36-44)38-14-5-3-6-15-38)47-32-28-41(29-33-47)45-21-12-19-43(37-45)39-16-7-4-8-17-39/h3-37H,1-2H3. The Bertz CT molecular complexity index is 3030. The second-order valence-electron chi connectivity index (χ2n) is 16.1. The number of hydrogen-bond donors (Lipinski definition) is 0. The number of hydrogen-bond acceptors (Lipinski definition) is 2. The molecule has 1 heterocycles. The highest BCUT2D eigenvalue weighted by atomic mass is 16.3. The zero-order chi connectivity index (χ0) is 39.5. The lowest BCUT2D eigenvalue weighted by Gasteiger charge is -2.26. The molecule has 0 saturated heterocycles. The first-order valence-corrected chi connectivity index (χ1v) is 20.4. The summed E-state index contributed by atoms with van der Waals surface area (Å²) in [6.45, 7) is 4.64. The van der Waals surface area contributed by atoms with Crippen LogP contribution in [-0.4, -0.2) is 0 Å². The van der Waals surface area contributed by atoms with Crippen LogP contribution < -0.4 is 4.90 Å². The van der Waals surface area contributed by atoms with Crippen molar-refractivity contribution in [3.8, 4) is 55.6 Å². The molecule has 1 aliphatic rings. The second kappa shape index (κ2) is 13.9. The van der Waals surface area contributed by atoms with Crippen LogP contribution in [0.25, 0.3) is 77.6 Å². The molecule has 0 atom stereocenters. The highest BCUT2D eigenvalue weighted by Gasteiger charge is 2.37. The molecule has 0 amide bonds. The van der Waals surface area contributed by atoms with Gasteiger partial charge < -0.3 is 9.32 Å². The van der Waals surface area contributed by atoms with Gasteiger partial charge in [-0.05, 0) is 104 Å². The predicted molar refractivity (Wildman–Crippen MR) is 248 cm³/mol. The van der Waals surface area contributed by atoms with E-state index in [1.165, 1.54) is 66.8 Å². The summed E-state index contributed by atoms with van der Waals surface area (Å²) in [6, 6.07) is 76.6. The van der Waals surface area contributed by atoms with Crippen molar-refractivity contribution in [1.29, 1.82) is 0 Å². The molecule has 280 valence electrons. The molecule has 0 aliphatic heterocycles. The van der Waals surface area contributed by atoms with E-state index in [0.717, 1.165) is 39.0 Å². The van der Waals surface area contributed by atoms with Crippen molar-refractivity contribution in [2.24, 2.45) is 0 Å². The number of nitrogens with zero attached hydrogens (tertiary/aromatic N) is 1. The van der Waals surface area contributed by atoms with Gasteiger partial charge in [-0.1, -0.05) is 184 Å². The van der Waals surface area contributed by atoms with E-state index in [0.29, 0.717) is 0 Å². The third kappa shape index (κ3) is 5.87. The fraction of sp³-hybridized carbons (Fsp3) is 0.0526. The largest absolute Gasteiger partial charge is 0.453 e. The third-order valence-electron chi connectivity index (χ3n) is 12.3. The van der Waals surface area contributed by atoms with Gasteiger partial charge in [0.1, 0.15) is 5.58 Å². The van der Waals surface area contributed by atoms with E-state index in [9.17, 15) is 0 Å². The molecule has 1 aliphatic carbocycles. The summed E-state index contributed by atoms with van der Waals surface area (Å²) in [4.78, 5) is 2.34. The smallest absolute Gasteiger partial charge is 0.159 e. The normalized spacial score (nSPS) is 12.7. The molecule has 2 heteroatoms. The van der Waals surface area contributed by atoms with E-state index < -0.39 is 0 Å². The molecule has 0 unspecified atom stereocenters. The lowest BCUT2D eigenvalue weighted by atomic mass is 9.82. The monoisotopic (exact) mass is 755 g/mol. The fourth-order valence-electron chi connectivity index (χ4n) is 9.25. The Balaban J connectivity index is 1.05. The molecule has 0 radical (unpaired) electrons. The van der Waals surface area contributed by atoms with Gasteiger partial charge >= 0.3 is 0 Å². The van der Waals surface area contributed by atoms with Gasteiger partial charge in [-0.3, -0.25) is 0 Å². The number of rotatable bonds is 7. The van der Waals surface area contributed by atoms with Crippen LogP contribution in [0.5, 0.6) is 0 Å². The zero-order valence-corrected chi connectivity index (χ0v) is 33.1. The van der Waals surface area contributed by atoms with Crippen molar-refractivity contribution < 1.29 is 4.42 Å². The molecule has 0 spiro atoms. The molecule has 0 fully saturated rings. The number of fused-ring (bicyclic) bond motifs is 7. The van der Waals surface area contributed by atoms with Crippen LogP contribution in [0.2, 0.25) is 0 Å². The molecular weight excluding hydrogens is 715 g/mol. The molecule has 0 saturated carbocycles. The first-order chi connectivity index (χ1) is 29.0. The van der Waals surface area contributed by atoms with Crippen molar-refractivity contribution >= 4 is 39.0 Å². The van der Waals surface area contributed by atoms with Gasteiger partial charge in [0, 0.05) is 33.1 Å². The van der Waals surface area contributed by atoms with Gasteiger partial charge in [-0.2, -0.15) is 0 Å². The van der Waals surface area contributed by atoms with Crippen molar-refractivity contribution in [3.63, 3.8) is 0 Å². The minimum atomic E-state index is -0.112. The second-order valence-corrected chi connectivity index (χ2v) is 16.1. The first kappa shape index (κ1) is 34.8. The highest BCUT2D eigenvalue weighted by Crippen LogP contribution is 2.53. The van der Waals surface area contributed by atoms with Crippen LogP contribution in [0.1, 0.15) is 25.0 Å². The maximum atomic E-state index is 7.16. The number of furan rings is 1. The Hall–Kier alpha value is -7.42. The molecule has 11 rings (SSSR count). The maximum absolute atomic E-state index is 7.16. The van der Waals surface area contributed by atoms with E-state index >= 15 is 0 Å². The highest BCUT2D eigenvalue weighted by molar-refractivity contribution is 6.15. The summed E-state index contributed by atoms with van der Waals surface area (Å²) in [5.41, 5.74) is 19.5. The average molecular weight is 756 g/mol. The minimum absolute atomic E-state index is 0.112. The van der Waals surface area contributed by atoms with E-state index in [2.05, 4.69) is 231 Å². The topological polar surface area (TPSA) is 16.4 Å². The van der Waals surface area contributed by atoms with Gasteiger partial charge in [0.15, 0.2) is 5.58 Å². The predicted octanol–water partition coefficient (Wildman–Crippen LogP) is 16.0. The molecule has 10 aromatic rings. The van der Waals surface area contributed by atoms with Gasteiger partial charge in [-0.25, -0.2) is 0 Å². The lowest BCUT2D eigenvalue weighted by molar-refractivity contribution is 0.653. The van der Waals surface area contributed by atoms with Gasteiger partial charge in [0.2, 0.25) is 0 Å². The van der Waals surface area contributed by atoms with Crippen molar-refractivity contribution in [3.05, 3.63) is 223 Å². The molecule has 2 nitrogen and oxygen atoms in total. The van der Waals surface area contributed by atoms with Gasteiger partial charge in [0.25, 0.3) is 0 Å². The fourth-order valence-corrected chi connectivity index (χ4v) is 9.25. The van der Waals surface area contributed by atoms with Crippen LogP contribution in [0.15, 0.2) is 217 Å². The van der Waals surface area contributed by atoms with Crippen molar-refractivity contribution in [2.45, 2.75) is 19.3 Å². The van der Waals surface area contributed by atoms with E-state index in [1.54, 1.807) is 0 Å². The summed E-state index contributed by atoms with van der Waals surface area (Å²) in [5.74, 6) is 0. The van der Waals surface area contributed by atoms with Crippen LogP contribution in [0, 0.1) is 0 Å². The quantitative estimate of drug-likeness (QED) is 0.161. The zero-order valence-electron chi connectivity index (χ0n) is 33.1. The molecule has 0 N–H and O–H groups in total. The summed E-state index contributed by atoms with van der Waals surface area (Å²) < 4.78 is 7.16. The Morgan fingerprint density at radius 3 is 1.37 bits per heavy atom. The number of para-hydroxylation sites is 1. The van der Waals surface area contributed by atoms with E-state index in [1.807, 2.05) is 0 Å². The SMILES string of the molecule is CC1(C)c2ccccc2-c2c1ccc1c2oc2c(N(c3ccc(-c4cccc(-c5ccccc5)c4)cc3)c3ccc(-c4cccc(-c5ccccc5)c4)cc3)cccc21. The molecule has 1 aromatic heterocycles. The van der Waals surface area contributed by atoms with E-state index in [-0.39, 0.29) is 5.41 Å². The molecule has 9 aromatic carbocycles.